The van der Waals surface area contributed by atoms with E-state index in [4.69, 9.17) is 9.26 Å². The fourth-order valence-electron chi connectivity index (χ4n) is 2.87. The number of aromatic nitrogens is 1. The second-order valence-electron chi connectivity index (χ2n) is 6.03. The van der Waals surface area contributed by atoms with Gasteiger partial charge in [0, 0.05) is 19.2 Å². The first-order valence-electron chi connectivity index (χ1n) is 7.89. The van der Waals surface area contributed by atoms with Gasteiger partial charge in [0.15, 0.2) is 0 Å². The fourth-order valence-corrected chi connectivity index (χ4v) is 2.87. The molecule has 0 saturated carbocycles. The molecule has 2 aromatic rings. The first kappa shape index (κ1) is 16.5. The van der Waals surface area contributed by atoms with Crippen molar-refractivity contribution in [1.29, 1.82) is 0 Å². The Kier molecular flexibility index (Phi) is 4.82. The van der Waals surface area contributed by atoms with Gasteiger partial charge in [-0.15, -0.1) is 0 Å². The average Bonchev–Trinajstić information content (AvgIpc) is 3.23. The molecule has 2 heterocycles. The predicted octanol–water partition coefficient (Wildman–Crippen LogP) is 1.56. The highest BCUT2D eigenvalue weighted by atomic mass is 16.5. The lowest BCUT2D eigenvalue weighted by atomic mass is 10.0. The summed E-state index contributed by atoms with van der Waals surface area (Å²) in [7, 11) is 3.42. The van der Waals surface area contributed by atoms with Crippen molar-refractivity contribution < 1.29 is 14.1 Å². The number of carbonyl (C=O) groups is 1. The summed E-state index contributed by atoms with van der Waals surface area (Å²) in [6.45, 7) is 2.26. The topological polar surface area (TPSA) is 79.6 Å². The lowest BCUT2D eigenvalue weighted by molar-refractivity contribution is -0.132. The van der Waals surface area contributed by atoms with Crippen molar-refractivity contribution in [2.75, 3.05) is 14.2 Å². The number of hydrogen-bond donors (Lipinski definition) is 2. The molecule has 2 unspecified atom stereocenters. The Labute approximate surface area is 140 Å². The summed E-state index contributed by atoms with van der Waals surface area (Å²) in [5.41, 5.74) is 8.12. The van der Waals surface area contributed by atoms with Gasteiger partial charge in [0.2, 0.25) is 5.91 Å². The van der Waals surface area contributed by atoms with E-state index in [1.54, 1.807) is 19.1 Å². The van der Waals surface area contributed by atoms with Crippen LogP contribution in [0, 0.1) is 6.92 Å². The highest BCUT2D eigenvalue weighted by molar-refractivity contribution is 5.82. The Hall–Kier alpha value is -2.38. The molecule has 128 valence electrons. The molecule has 1 saturated heterocycles. The van der Waals surface area contributed by atoms with Crippen molar-refractivity contribution in [3.05, 3.63) is 47.3 Å². The van der Waals surface area contributed by atoms with Crippen LogP contribution in [0.2, 0.25) is 0 Å². The summed E-state index contributed by atoms with van der Waals surface area (Å²) in [6.07, 6.45) is 0.675. The summed E-state index contributed by atoms with van der Waals surface area (Å²) < 4.78 is 10.3. The Morgan fingerprint density at radius 3 is 2.96 bits per heavy atom. The van der Waals surface area contributed by atoms with Gasteiger partial charge in [0.1, 0.15) is 23.2 Å². The number of ether oxygens (including phenoxy) is 1. The van der Waals surface area contributed by atoms with Gasteiger partial charge < -0.3 is 14.2 Å². The number of nitrogens with zero attached hydrogens (tertiary/aromatic N) is 2. The van der Waals surface area contributed by atoms with Gasteiger partial charge in [0.05, 0.1) is 13.7 Å². The van der Waals surface area contributed by atoms with E-state index in [1.165, 1.54) is 0 Å². The van der Waals surface area contributed by atoms with Crippen LogP contribution in [0.5, 0.6) is 5.75 Å². The van der Waals surface area contributed by atoms with Crippen LogP contribution in [0.3, 0.4) is 0 Å². The van der Waals surface area contributed by atoms with Crippen LogP contribution in [-0.4, -0.2) is 36.2 Å². The third kappa shape index (κ3) is 3.58. The zero-order chi connectivity index (χ0) is 17.1. The van der Waals surface area contributed by atoms with Crippen molar-refractivity contribution in [2.45, 2.75) is 32.0 Å². The number of aryl methyl sites for hydroxylation is 1. The molecule has 1 aromatic heterocycles. The molecule has 3 rings (SSSR count). The second kappa shape index (κ2) is 7.02. The third-order valence-electron chi connectivity index (χ3n) is 4.15. The van der Waals surface area contributed by atoms with Crippen molar-refractivity contribution in [3.8, 4) is 5.75 Å². The summed E-state index contributed by atoms with van der Waals surface area (Å²) >= 11 is 0. The molecule has 1 aliphatic heterocycles. The molecule has 0 spiro atoms. The van der Waals surface area contributed by atoms with Gasteiger partial charge in [0.25, 0.3) is 0 Å². The number of rotatable bonds is 5. The van der Waals surface area contributed by atoms with Gasteiger partial charge in [-0.05, 0) is 31.0 Å². The predicted molar refractivity (Wildman–Crippen MR) is 88.1 cm³/mol. The SMILES string of the molecule is COc1cccc(C2CC(C(=O)N(C)Cc3cc(C)on3)NN2)c1. The highest BCUT2D eigenvalue weighted by Gasteiger charge is 2.32. The maximum Gasteiger partial charge on any atom is 0.241 e. The number of hydrogen-bond acceptors (Lipinski definition) is 6. The maximum absolute atomic E-state index is 12.6. The number of amides is 1. The molecular formula is C17H22N4O3. The van der Waals surface area contributed by atoms with Crippen LogP contribution >= 0.6 is 0 Å². The first-order chi connectivity index (χ1) is 11.6. The lowest BCUT2D eigenvalue weighted by Crippen LogP contribution is -2.43. The molecular weight excluding hydrogens is 308 g/mol. The van der Waals surface area contributed by atoms with Gasteiger partial charge in [-0.3, -0.25) is 4.79 Å². The van der Waals surface area contributed by atoms with E-state index in [1.807, 2.05) is 37.3 Å². The Morgan fingerprint density at radius 1 is 1.42 bits per heavy atom. The molecule has 1 fully saturated rings. The van der Waals surface area contributed by atoms with Crippen molar-refractivity contribution >= 4 is 5.91 Å². The number of benzene rings is 1. The molecule has 7 nitrogen and oxygen atoms in total. The molecule has 1 aromatic carbocycles. The van der Waals surface area contributed by atoms with Crippen molar-refractivity contribution in [3.63, 3.8) is 0 Å². The molecule has 0 bridgehead atoms. The first-order valence-corrected chi connectivity index (χ1v) is 7.89. The molecule has 24 heavy (non-hydrogen) atoms. The molecule has 1 aliphatic rings. The summed E-state index contributed by atoms with van der Waals surface area (Å²) in [4.78, 5) is 14.3. The standard InChI is InChI=1S/C17H22N4O3/c1-11-7-13(20-24-11)10-21(2)17(22)16-9-15(18-19-16)12-5-4-6-14(8-12)23-3/h4-8,15-16,18-19H,9-10H2,1-3H3. The van der Waals surface area contributed by atoms with E-state index in [0.717, 1.165) is 22.8 Å². The second-order valence-corrected chi connectivity index (χ2v) is 6.03. The molecule has 0 radical (unpaired) electrons. The lowest BCUT2D eigenvalue weighted by Gasteiger charge is -2.19. The Morgan fingerprint density at radius 2 is 2.25 bits per heavy atom. The average molecular weight is 330 g/mol. The van der Waals surface area contributed by atoms with Crippen molar-refractivity contribution in [2.24, 2.45) is 0 Å². The van der Waals surface area contributed by atoms with E-state index in [0.29, 0.717) is 13.0 Å². The fraction of sp³-hybridized carbons (Fsp3) is 0.412. The number of methoxy groups -OCH3 is 1. The van der Waals surface area contributed by atoms with Crippen LogP contribution in [0.25, 0.3) is 0 Å². The Balaban J connectivity index is 1.60. The minimum Gasteiger partial charge on any atom is -0.497 e. The quantitative estimate of drug-likeness (QED) is 0.866. The van der Waals surface area contributed by atoms with E-state index < -0.39 is 0 Å². The number of nitrogens with one attached hydrogen (secondary N) is 2. The monoisotopic (exact) mass is 330 g/mol. The van der Waals surface area contributed by atoms with Crippen LogP contribution < -0.4 is 15.6 Å². The molecule has 2 N–H and O–H groups in total. The highest BCUT2D eigenvalue weighted by Crippen LogP contribution is 2.26. The van der Waals surface area contributed by atoms with Crippen LogP contribution in [0.4, 0.5) is 0 Å². The van der Waals surface area contributed by atoms with Crippen LogP contribution in [0.15, 0.2) is 34.9 Å². The third-order valence-corrected chi connectivity index (χ3v) is 4.15. The van der Waals surface area contributed by atoms with Gasteiger partial charge >= 0.3 is 0 Å². The number of likely N-dealkylation sites (N-methyl/N-ethyl adjacent to an activating group) is 1. The zero-order valence-electron chi connectivity index (χ0n) is 14.1. The van der Waals surface area contributed by atoms with E-state index in [9.17, 15) is 4.79 Å². The number of hydrazine groups is 1. The molecule has 1 amide bonds. The van der Waals surface area contributed by atoms with Gasteiger partial charge in [-0.2, -0.15) is 0 Å². The maximum atomic E-state index is 12.6. The molecule has 7 heteroatoms. The minimum atomic E-state index is -0.279. The largest absolute Gasteiger partial charge is 0.497 e. The Bertz CT molecular complexity index is 715. The van der Waals surface area contributed by atoms with Crippen LogP contribution in [0.1, 0.15) is 29.5 Å². The normalized spacial score (nSPS) is 20.1. The smallest absolute Gasteiger partial charge is 0.241 e. The number of carbonyl (C=O) groups excluding carboxylic acids is 1. The summed E-state index contributed by atoms with van der Waals surface area (Å²) in [6, 6.07) is 9.48. The van der Waals surface area contributed by atoms with Crippen molar-refractivity contribution in [1.82, 2.24) is 20.9 Å². The van der Waals surface area contributed by atoms with Gasteiger partial charge in [-0.1, -0.05) is 17.3 Å². The summed E-state index contributed by atoms with van der Waals surface area (Å²) in [5.74, 6) is 1.57. The van der Waals surface area contributed by atoms with E-state index in [2.05, 4.69) is 16.0 Å². The van der Waals surface area contributed by atoms with E-state index in [-0.39, 0.29) is 18.0 Å². The van der Waals surface area contributed by atoms with Crippen LogP contribution in [-0.2, 0) is 11.3 Å². The molecule has 0 aliphatic carbocycles. The molecule has 2 atom stereocenters. The summed E-state index contributed by atoms with van der Waals surface area (Å²) in [5, 5.41) is 3.93. The van der Waals surface area contributed by atoms with Gasteiger partial charge in [-0.25, -0.2) is 10.9 Å². The van der Waals surface area contributed by atoms with E-state index >= 15 is 0 Å². The zero-order valence-corrected chi connectivity index (χ0v) is 14.1. The minimum absolute atomic E-state index is 0.0218.